The Bertz CT molecular complexity index is 353. The van der Waals surface area contributed by atoms with Gasteiger partial charge in [-0.1, -0.05) is 58.1 Å². The second-order valence-corrected chi connectivity index (χ2v) is 6.25. The lowest BCUT2D eigenvalue weighted by Crippen LogP contribution is -2.01. The van der Waals surface area contributed by atoms with Crippen LogP contribution in [0, 0.1) is 11.8 Å². The molecule has 0 spiro atoms. The van der Waals surface area contributed by atoms with E-state index in [0.29, 0.717) is 12.5 Å². The van der Waals surface area contributed by atoms with Gasteiger partial charge in [-0.2, -0.15) is 0 Å². The van der Waals surface area contributed by atoms with Crippen molar-refractivity contribution in [2.75, 3.05) is 6.61 Å². The fourth-order valence-electron chi connectivity index (χ4n) is 2.15. The molecule has 0 saturated heterocycles. The Morgan fingerprint density at radius 3 is 2.24 bits per heavy atom. The summed E-state index contributed by atoms with van der Waals surface area (Å²) in [5.74, 6) is 1.31. The van der Waals surface area contributed by atoms with Gasteiger partial charge in [0.1, 0.15) is 0 Å². The average molecular weight is 294 g/mol. The molecule has 0 N–H and O–H groups in total. The first kappa shape index (κ1) is 19.9. The zero-order chi connectivity index (χ0) is 16.3. The van der Waals surface area contributed by atoms with Crippen LogP contribution in [0.1, 0.15) is 73.6 Å². The van der Waals surface area contributed by atoms with Gasteiger partial charge in [-0.15, -0.1) is 0 Å². The second-order valence-electron chi connectivity index (χ2n) is 6.25. The summed E-state index contributed by atoms with van der Waals surface area (Å²) in [6, 6.07) is 0. The molecule has 0 heterocycles. The Balaban J connectivity index is 4.17. The van der Waals surface area contributed by atoms with Crippen molar-refractivity contribution in [2.24, 2.45) is 11.8 Å². The molecule has 0 aliphatic carbocycles. The highest BCUT2D eigenvalue weighted by molar-refractivity contribution is 5.83. The fourth-order valence-corrected chi connectivity index (χ4v) is 2.15. The average Bonchev–Trinajstić information content (AvgIpc) is 2.44. The molecule has 0 radical (unpaired) electrons. The molecule has 122 valence electrons. The molecule has 0 saturated carbocycles. The molecule has 0 aliphatic heterocycles. The summed E-state index contributed by atoms with van der Waals surface area (Å²) in [7, 11) is 0. The minimum Gasteiger partial charge on any atom is -0.463 e. The third-order valence-corrected chi connectivity index (χ3v) is 4.16. The number of ether oxygens (including phenoxy) is 1. The lowest BCUT2D eigenvalue weighted by Gasteiger charge is -2.12. The molecular weight excluding hydrogens is 260 g/mol. The number of carbonyl (C=O) groups is 1. The van der Waals surface area contributed by atoms with E-state index in [-0.39, 0.29) is 5.97 Å². The van der Waals surface area contributed by atoms with Crippen LogP contribution in [0.2, 0.25) is 0 Å². The van der Waals surface area contributed by atoms with E-state index in [2.05, 4.69) is 33.8 Å². The molecular formula is C19H34O2. The maximum Gasteiger partial charge on any atom is 0.331 e. The predicted octanol–water partition coefficient (Wildman–Crippen LogP) is 5.68. The van der Waals surface area contributed by atoms with Crippen LogP contribution in [0.15, 0.2) is 23.3 Å². The van der Waals surface area contributed by atoms with Crippen molar-refractivity contribution in [1.29, 1.82) is 0 Å². The van der Waals surface area contributed by atoms with Gasteiger partial charge in [-0.05, 0) is 44.6 Å². The summed E-state index contributed by atoms with van der Waals surface area (Å²) in [6.07, 6.45) is 10.1. The first-order valence-electron chi connectivity index (χ1n) is 8.42. The third-order valence-electron chi connectivity index (χ3n) is 4.16. The fraction of sp³-hybridized carbons (Fsp3) is 0.737. The van der Waals surface area contributed by atoms with E-state index in [1.165, 1.54) is 31.3 Å². The minimum absolute atomic E-state index is 0.246. The Morgan fingerprint density at radius 1 is 1.05 bits per heavy atom. The van der Waals surface area contributed by atoms with Crippen LogP contribution in [-0.4, -0.2) is 12.6 Å². The van der Waals surface area contributed by atoms with Crippen LogP contribution in [-0.2, 0) is 9.53 Å². The van der Waals surface area contributed by atoms with Gasteiger partial charge >= 0.3 is 5.97 Å². The lowest BCUT2D eigenvalue weighted by molar-refractivity contribution is -0.137. The first-order chi connectivity index (χ1) is 9.90. The third kappa shape index (κ3) is 10.3. The van der Waals surface area contributed by atoms with Gasteiger partial charge in [-0.3, -0.25) is 0 Å². The van der Waals surface area contributed by atoms with E-state index in [1.807, 2.05) is 13.8 Å². The Labute approximate surface area is 131 Å². The van der Waals surface area contributed by atoms with Gasteiger partial charge in [0, 0.05) is 6.08 Å². The van der Waals surface area contributed by atoms with Crippen LogP contribution in [0.3, 0.4) is 0 Å². The van der Waals surface area contributed by atoms with Crippen LogP contribution in [0.4, 0.5) is 0 Å². The van der Waals surface area contributed by atoms with Crippen molar-refractivity contribution in [3.63, 3.8) is 0 Å². The molecule has 0 aromatic carbocycles. The quantitative estimate of drug-likeness (QED) is 0.294. The van der Waals surface area contributed by atoms with E-state index in [1.54, 1.807) is 6.08 Å². The summed E-state index contributed by atoms with van der Waals surface area (Å²) < 4.78 is 4.93. The number of hydrogen-bond acceptors (Lipinski definition) is 2. The Kier molecular flexibility index (Phi) is 11.0. The molecule has 0 aliphatic rings. The van der Waals surface area contributed by atoms with Crippen molar-refractivity contribution < 1.29 is 9.53 Å². The molecule has 0 amide bonds. The predicted molar refractivity (Wildman–Crippen MR) is 91.2 cm³/mol. The summed E-state index contributed by atoms with van der Waals surface area (Å²) in [6.45, 7) is 13.2. The van der Waals surface area contributed by atoms with E-state index in [4.69, 9.17) is 4.74 Å². The van der Waals surface area contributed by atoms with Crippen LogP contribution >= 0.6 is 0 Å². The van der Waals surface area contributed by atoms with E-state index in [9.17, 15) is 4.79 Å². The van der Waals surface area contributed by atoms with Gasteiger partial charge in [0.05, 0.1) is 6.61 Å². The zero-order valence-corrected chi connectivity index (χ0v) is 14.9. The smallest absolute Gasteiger partial charge is 0.331 e. The minimum atomic E-state index is -0.246. The van der Waals surface area contributed by atoms with Crippen LogP contribution in [0.25, 0.3) is 0 Å². The highest BCUT2D eigenvalue weighted by Crippen LogP contribution is 2.19. The number of carbonyl (C=O) groups excluding carboxylic acids is 1. The molecule has 0 fully saturated rings. The molecule has 21 heavy (non-hydrogen) atoms. The van der Waals surface area contributed by atoms with Gasteiger partial charge in [0.25, 0.3) is 0 Å². The van der Waals surface area contributed by atoms with Crippen molar-refractivity contribution in [1.82, 2.24) is 0 Å². The molecule has 2 unspecified atom stereocenters. The summed E-state index contributed by atoms with van der Waals surface area (Å²) in [5.41, 5.74) is 2.18. The zero-order valence-electron chi connectivity index (χ0n) is 14.9. The highest BCUT2D eigenvalue weighted by Gasteiger charge is 2.04. The van der Waals surface area contributed by atoms with Gasteiger partial charge < -0.3 is 4.74 Å². The molecule has 0 bridgehead atoms. The highest BCUT2D eigenvalue weighted by atomic mass is 16.5. The van der Waals surface area contributed by atoms with Gasteiger partial charge in [0.2, 0.25) is 0 Å². The van der Waals surface area contributed by atoms with Crippen molar-refractivity contribution in [3.8, 4) is 0 Å². The Hall–Kier alpha value is -1.05. The first-order valence-corrected chi connectivity index (χ1v) is 8.42. The van der Waals surface area contributed by atoms with Crippen LogP contribution in [0.5, 0.6) is 0 Å². The normalized spacial score (nSPS) is 15.7. The summed E-state index contributed by atoms with van der Waals surface area (Å²) >= 11 is 0. The number of rotatable bonds is 10. The molecule has 2 atom stereocenters. The molecule has 2 heteroatoms. The van der Waals surface area contributed by atoms with Crippen molar-refractivity contribution in [3.05, 3.63) is 23.3 Å². The second kappa shape index (κ2) is 11.6. The molecule has 2 nitrogen and oxygen atoms in total. The van der Waals surface area contributed by atoms with E-state index in [0.717, 1.165) is 17.9 Å². The van der Waals surface area contributed by atoms with Crippen molar-refractivity contribution >= 4 is 5.97 Å². The number of allylic oxidation sites excluding steroid dienone is 3. The van der Waals surface area contributed by atoms with E-state index < -0.39 is 0 Å². The van der Waals surface area contributed by atoms with Crippen molar-refractivity contribution in [2.45, 2.75) is 73.6 Å². The van der Waals surface area contributed by atoms with Crippen LogP contribution < -0.4 is 0 Å². The summed E-state index contributed by atoms with van der Waals surface area (Å²) in [4.78, 5) is 11.4. The number of hydrogen-bond donors (Lipinski definition) is 0. The van der Waals surface area contributed by atoms with E-state index >= 15 is 0 Å². The lowest BCUT2D eigenvalue weighted by atomic mass is 9.94. The molecule has 0 rings (SSSR count). The van der Waals surface area contributed by atoms with Gasteiger partial charge in [0.15, 0.2) is 0 Å². The molecule has 0 aromatic rings. The maximum absolute atomic E-state index is 11.4. The standard InChI is InChI=1S/C19H34O2/c1-7-15(3)10-9-11-16(4)12-13-17(5)18(6)14-19(20)21-8-2/h13-16H,7-12H2,1-6H3. The molecule has 0 aromatic heterocycles. The number of esters is 1. The Morgan fingerprint density at radius 2 is 1.67 bits per heavy atom. The topological polar surface area (TPSA) is 26.3 Å². The largest absolute Gasteiger partial charge is 0.463 e. The monoisotopic (exact) mass is 294 g/mol. The SMILES string of the molecule is CCOC(=O)C=C(C)C(C)=CCC(C)CCCC(C)CC. The maximum atomic E-state index is 11.4. The van der Waals surface area contributed by atoms with Gasteiger partial charge in [-0.25, -0.2) is 4.79 Å². The summed E-state index contributed by atoms with van der Waals surface area (Å²) in [5, 5.41) is 0.